The van der Waals surface area contributed by atoms with Gasteiger partial charge in [0.25, 0.3) is 5.91 Å². The normalized spacial score (nSPS) is 19.6. The first-order valence-electron chi connectivity index (χ1n) is 5.96. The second-order valence-electron chi connectivity index (χ2n) is 4.14. The molecule has 2 rings (SSSR count). The molecule has 2 heterocycles. The van der Waals surface area contributed by atoms with Crippen LogP contribution in [0.2, 0.25) is 0 Å². The average molecular weight is 269 g/mol. The first-order chi connectivity index (χ1) is 8.72. The largest absolute Gasteiger partial charge is 0.466 e. The standard InChI is InChI=1S/C11H15N3O3S/c1-2-17-11(16)8-4-3-5-14(7-8)10(15)9-6-12-18-13-9/h6,8H,2-5,7H2,1H3. The molecule has 1 aliphatic rings. The molecule has 0 bridgehead atoms. The van der Waals surface area contributed by atoms with Crippen molar-refractivity contribution in [1.82, 2.24) is 13.6 Å². The minimum Gasteiger partial charge on any atom is -0.466 e. The van der Waals surface area contributed by atoms with E-state index in [2.05, 4.69) is 8.75 Å². The molecule has 0 radical (unpaired) electrons. The van der Waals surface area contributed by atoms with Crippen LogP contribution in [-0.4, -0.2) is 45.2 Å². The summed E-state index contributed by atoms with van der Waals surface area (Å²) in [6, 6.07) is 0. The van der Waals surface area contributed by atoms with Crippen LogP contribution in [0.25, 0.3) is 0 Å². The Kier molecular flexibility index (Phi) is 4.24. The van der Waals surface area contributed by atoms with Gasteiger partial charge in [0.05, 0.1) is 30.4 Å². The van der Waals surface area contributed by atoms with Gasteiger partial charge in [0.15, 0.2) is 5.69 Å². The molecule has 7 heteroatoms. The Morgan fingerprint density at radius 3 is 3.11 bits per heavy atom. The highest BCUT2D eigenvalue weighted by Crippen LogP contribution is 2.19. The summed E-state index contributed by atoms with van der Waals surface area (Å²) >= 11 is 1.01. The third-order valence-electron chi connectivity index (χ3n) is 2.91. The highest BCUT2D eigenvalue weighted by Gasteiger charge is 2.30. The van der Waals surface area contributed by atoms with Crippen LogP contribution in [0.15, 0.2) is 6.20 Å². The maximum atomic E-state index is 12.1. The van der Waals surface area contributed by atoms with Crippen molar-refractivity contribution in [3.05, 3.63) is 11.9 Å². The zero-order valence-corrected chi connectivity index (χ0v) is 11.0. The number of carbonyl (C=O) groups is 2. The van der Waals surface area contributed by atoms with Gasteiger partial charge in [-0.2, -0.15) is 8.75 Å². The predicted molar refractivity (Wildman–Crippen MR) is 65.2 cm³/mol. The van der Waals surface area contributed by atoms with Gasteiger partial charge in [0.1, 0.15) is 0 Å². The number of hydrogen-bond acceptors (Lipinski definition) is 6. The number of likely N-dealkylation sites (tertiary alicyclic amines) is 1. The summed E-state index contributed by atoms with van der Waals surface area (Å²) < 4.78 is 12.7. The molecule has 0 spiro atoms. The average Bonchev–Trinajstić information content (AvgIpc) is 2.92. The predicted octanol–water partition coefficient (Wildman–Crippen LogP) is 0.953. The molecule has 18 heavy (non-hydrogen) atoms. The van der Waals surface area contributed by atoms with Crippen molar-refractivity contribution >= 4 is 23.6 Å². The summed E-state index contributed by atoms with van der Waals surface area (Å²) in [5.74, 6) is -0.585. The van der Waals surface area contributed by atoms with E-state index >= 15 is 0 Å². The van der Waals surface area contributed by atoms with Crippen molar-refractivity contribution in [2.75, 3.05) is 19.7 Å². The van der Waals surface area contributed by atoms with Gasteiger partial charge in [0.2, 0.25) is 0 Å². The lowest BCUT2D eigenvalue weighted by molar-refractivity contribution is -0.149. The third-order valence-corrected chi connectivity index (χ3v) is 3.39. The monoisotopic (exact) mass is 269 g/mol. The van der Waals surface area contributed by atoms with Gasteiger partial charge in [-0.1, -0.05) is 0 Å². The molecule has 0 aliphatic carbocycles. The summed E-state index contributed by atoms with van der Waals surface area (Å²) in [5.41, 5.74) is 0.351. The Labute approximate surface area is 109 Å². The lowest BCUT2D eigenvalue weighted by atomic mass is 9.98. The molecule has 1 atom stereocenters. The lowest BCUT2D eigenvalue weighted by Gasteiger charge is -2.30. The number of hydrogen-bond donors (Lipinski definition) is 0. The molecule has 1 saturated heterocycles. The summed E-state index contributed by atoms with van der Waals surface area (Å²) in [6.45, 7) is 3.23. The van der Waals surface area contributed by atoms with Gasteiger partial charge < -0.3 is 9.64 Å². The first-order valence-corrected chi connectivity index (χ1v) is 6.69. The minimum atomic E-state index is -0.216. The number of nitrogens with zero attached hydrogens (tertiary/aromatic N) is 3. The number of esters is 1. The Morgan fingerprint density at radius 2 is 2.44 bits per heavy atom. The molecular formula is C11H15N3O3S. The zero-order valence-electron chi connectivity index (χ0n) is 10.2. The zero-order chi connectivity index (χ0) is 13.0. The molecule has 0 N–H and O–H groups in total. The highest BCUT2D eigenvalue weighted by molar-refractivity contribution is 6.99. The van der Waals surface area contributed by atoms with Gasteiger partial charge >= 0.3 is 5.97 Å². The Balaban J connectivity index is 1.98. The van der Waals surface area contributed by atoms with Crippen molar-refractivity contribution < 1.29 is 14.3 Å². The highest BCUT2D eigenvalue weighted by atomic mass is 32.1. The number of rotatable bonds is 3. The second-order valence-corrected chi connectivity index (χ2v) is 4.69. The molecule has 6 nitrogen and oxygen atoms in total. The van der Waals surface area contributed by atoms with Gasteiger partial charge in [-0.3, -0.25) is 9.59 Å². The van der Waals surface area contributed by atoms with Crippen LogP contribution >= 0.6 is 11.7 Å². The molecule has 1 amide bonds. The summed E-state index contributed by atoms with van der Waals surface area (Å²) in [6.07, 6.45) is 3.05. The second kappa shape index (κ2) is 5.90. The number of aromatic nitrogens is 2. The summed E-state index contributed by atoms with van der Waals surface area (Å²) in [4.78, 5) is 25.4. The van der Waals surface area contributed by atoms with Gasteiger partial charge in [-0.25, -0.2) is 0 Å². The SMILES string of the molecule is CCOC(=O)C1CCCN(C(=O)c2cnsn2)C1. The van der Waals surface area contributed by atoms with Crippen molar-refractivity contribution in [3.8, 4) is 0 Å². The van der Waals surface area contributed by atoms with E-state index < -0.39 is 0 Å². The van der Waals surface area contributed by atoms with Crippen molar-refractivity contribution in [2.45, 2.75) is 19.8 Å². The minimum absolute atomic E-state index is 0.155. The first kappa shape index (κ1) is 12.9. The van der Waals surface area contributed by atoms with Crippen LogP contribution in [0.4, 0.5) is 0 Å². The fourth-order valence-corrected chi connectivity index (χ4v) is 2.44. The molecule has 98 valence electrons. The molecule has 1 aromatic heterocycles. The van der Waals surface area contributed by atoms with Crippen LogP contribution in [-0.2, 0) is 9.53 Å². The smallest absolute Gasteiger partial charge is 0.310 e. The number of piperidine rings is 1. The van der Waals surface area contributed by atoms with Crippen molar-refractivity contribution in [2.24, 2.45) is 5.92 Å². The Hall–Kier alpha value is -1.50. The summed E-state index contributed by atoms with van der Waals surface area (Å²) in [5, 5.41) is 0. The number of ether oxygens (including phenoxy) is 1. The van der Waals surface area contributed by atoms with E-state index in [9.17, 15) is 9.59 Å². The molecular weight excluding hydrogens is 254 g/mol. The van der Waals surface area contributed by atoms with Crippen LogP contribution < -0.4 is 0 Å². The van der Waals surface area contributed by atoms with E-state index in [0.717, 1.165) is 24.6 Å². The molecule has 0 saturated carbocycles. The van der Waals surface area contributed by atoms with E-state index in [1.54, 1.807) is 11.8 Å². The molecule has 1 unspecified atom stereocenters. The lowest BCUT2D eigenvalue weighted by Crippen LogP contribution is -2.42. The van der Waals surface area contributed by atoms with Crippen LogP contribution in [0, 0.1) is 5.92 Å². The number of carbonyl (C=O) groups excluding carboxylic acids is 2. The van der Waals surface area contributed by atoms with Gasteiger partial charge in [-0.05, 0) is 19.8 Å². The summed E-state index contributed by atoms with van der Waals surface area (Å²) in [7, 11) is 0. The van der Waals surface area contributed by atoms with E-state index in [1.165, 1.54) is 6.20 Å². The molecule has 1 aliphatic heterocycles. The Morgan fingerprint density at radius 1 is 1.61 bits per heavy atom. The van der Waals surface area contributed by atoms with Crippen molar-refractivity contribution in [3.63, 3.8) is 0 Å². The fourth-order valence-electron chi connectivity index (χ4n) is 2.03. The van der Waals surface area contributed by atoms with Crippen LogP contribution in [0.3, 0.4) is 0 Å². The van der Waals surface area contributed by atoms with E-state index in [0.29, 0.717) is 25.4 Å². The maximum Gasteiger partial charge on any atom is 0.310 e. The van der Waals surface area contributed by atoms with Crippen molar-refractivity contribution in [1.29, 1.82) is 0 Å². The van der Waals surface area contributed by atoms with E-state index in [4.69, 9.17) is 4.74 Å². The van der Waals surface area contributed by atoms with Crippen LogP contribution in [0.1, 0.15) is 30.3 Å². The number of amides is 1. The third kappa shape index (κ3) is 2.84. The van der Waals surface area contributed by atoms with Gasteiger partial charge in [-0.15, -0.1) is 0 Å². The maximum absolute atomic E-state index is 12.1. The fraction of sp³-hybridized carbons (Fsp3) is 0.636. The topological polar surface area (TPSA) is 72.4 Å². The molecule has 1 aromatic rings. The molecule has 1 fully saturated rings. The molecule has 0 aromatic carbocycles. The quantitative estimate of drug-likeness (QED) is 0.764. The van der Waals surface area contributed by atoms with Crippen LogP contribution in [0.5, 0.6) is 0 Å². The van der Waals surface area contributed by atoms with E-state index in [-0.39, 0.29) is 17.8 Å². The van der Waals surface area contributed by atoms with E-state index in [1.807, 2.05) is 0 Å². The Bertz CT molecular complexity index is 421. The van der Waals surface area contributed by atoms with Gasteiger partial charge in [0, 0.05) is 13.1 Å².